The van der Waals surface area contributed by atoms with Crippen LogP contribution in [0.5, 0.6) is 0 Å². The number of hydrogen-bond donors (Lipinski definition) is 2. The van der Waals surface area contributed by atoms with Crippen molar-refractivity contribution >= 4 is 38.3 Å². The number of carbonyl (C=O) groups excluding carboxylic acids is 1. The van der Waals surface area contributed by atoms with Crippen LogP contribution < -0.4 is 10.6 Å². The maximum Gasteiger partial charge on any atom is 0.258 e. The minimum atomic E-state index is -0.548. The molecule has 3 aromatic carbocycles. The summed E-state index contributed by atoms with van der Waals surface area (Å²) in [7, 11) is 0. The van der Waals surface area contributed by atoms with Gasteiger partial charge in [0.2, 0.25) is 0 Å². The van der Waals surface area contributed by atoms with Gasteiger partial charge in [0, 0.05) is 12.2 Å². The number of hydrogen-bond acceptors (Lipinski definition) is 4. The summed E-state index contributed by atoms with van der Waals surface area (Å²) in [6, 6.07) is 19.7. The molecule has 0 aliphatic rings. The molecule has 152 valence electrons. The van der Waals surface area contributed by atoms with Gasteiger partial charge in [-0.25, -0.2) is 9.37 Å². The van der Waals surface area contributed by atoms with Crippen LogP contribution in [-0.2, 0) is 0 Å². The Morgan fingerprint density at radius 2 is 1.83 bits per heavy atom. The van der Waals surface area contributed by atoms with Gasteiger partial charge in [-0.15, -0.1) is 0 Å². The number of anilines is 2. The van der Waals surface area contributed by atoms with Crippen molar-refractivity contribution in [2.75, 3.05) is 17.2 Å². The molecule has 4 aromatic rings. The predicted octanol–water partition coefficient (Wildman–Crippen LogP) is 6.42. The maximum atomic E-state index is 14.6. The van der Waals surface area contributed by atoms with E-state index >= 15 is 0 Å². The number of halogens is 1. The number of rotatable bonds is 6. The van der Waals surface area contributed by atoms with Gasteiger partial charge in [0.1, 0.15) is 5.82 Å². The molecule has 1 amide bonds. The van der Waals surface area contributed by atoms with Gasteiger partial charge in [0.15, 0.2) is 5.13 Å². The van der Waals surface area contributed by atoms with Gasteiger partial charge in [-0.05, 0) is 47.4 Å². The van der Waals surface area contributed by atoms with Gasteiger partial charge in [-0.3, -0.25) is 4.79 Å². The Hall–Kier alpha value is -3.25. The molecule has 0 saturated heterocycles. The highest BCUT2D eigenvalue weighted by Gasteiger charge is 2.14. The van der Waals surface area contributed by atoms with Crippen LogP contribution in [0.4, 0.5) is 15.2 Å². The normalized spacial score (nSPS) is 11.1. The van der Waals surface area contributed by atoms with E-state index in [4.69, 9.17) is 0 Å². The molecule has 0 unspecified atom stereocenters. The van der Waals surface area contributed by atoms with Crippen molar-refractivity contribution in [1.29, 1.82) is 0 Å². The average Bonchev–Trinajstić information content (AvgIpc) is 3.15. The summed E-state index contributed by atoms with van der Waals surface area (Å²) in [4.78, 5) is 17.2. The van der Waals surface area contributed by atoms with Crippen LogP contribution in [-0.4, -0.2) is 17.4 Å². The van der Waals surface area contributed by atoms with Crippen molar-refractivity contribution in [3.63, 3.8) is 0 Å². The molecule has 6 heteroatoms. The molecule has 0 bridgehead atoms. The maximum absolute atomic E-state index is 14.6. The van der Waals surface area contributed by atoms with Gasteiger partial charge < -0.3 is 10.6 Å². The molecule has 30 heavy (non-hydrogen) atoms. The molecule has 0 aliphatic carbocycles. The van der Waals surface area contributed by atoms with Crippen LogP contribution in [0.1, 0.15) is 24.2 Å². The van der Waals surface area contributed by atoms with Gasteiger partial charge in [0.05, 0.1) is 15.8 Å². The third-order valence-electron chi connectivity index (χ3n) is 4.63. The number of nitrogens with one attached hydrogen (secondary N) is 2. The van der Waals surface area contributed by atoms with Crippen molar-refractivity contribution in [3.8, 4) is 11.1 Å². The highest BCUT2D eigenvalue weighted by Crippen LogP contribution is 2.29. The lowest BCUT2D eigenvalue weighted by atomic mass is 10.0. The highest BCUT2D eigenvalue weighted by molar-refractivity contribution is 7.22. The molecule has 0 radical (unpaired) electrons. The van der Waals surface area contributed by atoms with Crippen LogP contribution in [0.25, 0.3) is 21.3 Å². The second-order valence-electron chi connectivity index (χ2n) is 7.49. The molecule has 0 atom stereocenters. The van der Waals surface area contributed by atoms with E-state index in [0.29, 0.717) is 11.6 Å². The Morgan fingerprint density at radius 1 is 1.03 bits per heavy atom. The largest absolute Gasteiger partial charge is 0.361 e. The number of benzene rings is 3. The SMILES string of the molecule is CC(C)CNc1nc2ccc(NC(=O)c3ccc(-c4ccccc4)cc3F)cc2s1. The fourth-order valence-corrected chi connectivity index (χ4v) is 3.99. The lowest BCUT2D eigenvalue weighted by Crippen LogP contribution is -2.13. The lowest BCUT2D eigenvalue weighted by molar-refractivity contribution is 0.102. The van der Waals surface area contributed by atoms with Crippen LogP contribution in [0.3, 0.4) is 0 Å². The summed E-state index contributed by atoms with van der Waals surface area (Å²) < 4.78 is 15.6. The van der Waals surface area contributed by atoms with E-state index in [-0.39, 0.29) is 5.56 Å². The molecule has 1 aromatic heterocycles. The van der Waals surface area contributed by atoms with Crippen LogP contribution in [0, 0.1) is 11.7 Å². The number of thiazole rings is 1. The number of nitrogens with zero attached hydrogens (tertiary/aromatic N) is 1. The van der Waals surface area contributed by atoms with Crippen molar-refractivity contribution in [2.45, 2.75) is 13.8 Å². The molecular formula is C24H22FN3OS. The summed E-state index contributed by atoms with van der Waals surface area (Å²) in [5.41, 5.74) is 3.12. The highest BCUT2D eigenvalue weighted by atomic mass is 32.1. The second kappa shape index (κ2) is 8.63. The first-order valence-corrected chi connectivity index (χ1v) is 10.6. The van der Waals surface area contributed by atoms with Gasteiger partial charge in [-0.2, -0.15) is 0 Å². The van der Waals surface area contributed by atoms with E-state index in [1.54, 1.807) is 12.1 Å². The number of aromatic nitrogens is 1. The molecule has 0 fully saturated rings. The van der Waals surface area contributed by atoms with Crippen LogP contribution in [0.15, 0.2) is 66.7 Å². The van der Waals surface area contributed by atoms with Gasteiger partial charge in [0.25, 0.3) is 5.91 Å². The predicted molar refractivity (Wildman–Crippen MR) is 123 cm³/mol. The average molecular weight is 420 g/mol. The van der Waals surface area contributed by atoms with E-state index in [2.05, 4.69) is 29.5 Å². The standard InChI is InChI=1S/C24H22FN3OS/c1-15(2)14-26-24-28-21-11-9-18(13-22(21)30-24)27-23(29)19-10-8-17(12-20(19)25)16-6-4-3-5-7-16/h3-13,15H,14H2,1-2H3,(H,26,28)(H,27,29). The summed E-state index contributed by atoms with van der Waals surface area (Å²) in [5.74, 6) is -0.503. The van der Waals surface area contributed by atoms with E-state index in [0.717, 1.165) is 33.0 Å². The van der Waals surface area contributed by atoms with E-state index in [1.165, 1.54) is 23.5 Å². The number of amides is 1. The molecule has 0 spiro atoms. The number of fused-ring (bicyclic) bond motifs is 1. The monoisotopic (exact) mass is 419 g/mol. The summed E-state index contributed by atoms with van der Waals surface area (Å²) in [5, 5.41) is 6.96. The first-order valence-electron chi connectivity index (χ1n) is 9.80. The molecule has 4 nitrogen and oxygen atoms in total. The lowest BCUT2D eigenvalue weighted by Gasteiger charge is -2.08. The molecular weight excluding hydrogens is 397 g/mol. The molecule has 2 N–H and O–H groups in total. The van der Waals surface area contributed by atoms with E-state index < -0.39 is 11.7 Å². The number of carbonyl (C=O) groups is 1. The minimum Gasteiger partial charge on any atom is -0.361 e. The zero-order chi connectivity index (χ0) is 21.1. The van der Waals surface area contributed by atoms with Crippen molar-refractivity contribution in [1.82, 2.24) is 4.98 Å². The first kappa shape index (κ1) is 20.0. The van der Waals surface area contributed by atoms with Crippen LogP contribution >= 0.6 is 11.3 Å². The Morgan fingerprint density at radius 3 is 2.57 bits per heavy atom. The summed E-state index contributed by atoms with van der Waals surface area (Å²) in [6.45, 7) is 5.13. The Labute approximate surface area is 178 Å². The second-order valence-corrected chi connectivity index (χ2v) is 8.52. The topological polar surface area (TPSA) is 54.0 Å². The van der Waals surface area contributed by atoms with Crippen molar-refractivity contribution in [2.24, 2.45) is 5.92 Å². The fourth-order valence-electron chi connectivity index (χ4n) is 3.08. The van der Waals surface area contributed by atoms with Crippen molar-refractivity contribution < 1.29 is 9.18 Å². The summed E-state index contributed by atoms with van der Waals surface area (Å²) in [6.07, 6.45) is 0. The third kappa shape index (κ3) is 4.49. The minimum absolute atomic E-state index is 0.0124. The first-order chi connectivity index (χ1) is 14.5. The Kier molecular flexibility index (Phi) is 5.77. The Bertz CT molecular complexity index is 1190. The van der Waals surface area contributed by atoms with Crippen molar-refractivity contribution in [3.05, 3.63) is 78.1 Å². The van der Waals surface area contributed by atoms with E-state index in [1.807, 2.05) is 42.5 Å². The quantitative estimate of drug-likeness (QED) is 0.379. The van der Waals surface area contributed by atoms with E-state index in [9.17, 15) is 9.18 Å². The zero-order valence-corrected chi connectivity index (χ0v) is 17.6. The summed E-state index contributed by atoms with van der Waals surface area (Å²) >= 11 is 1.53. The van der Waals surface area contributed by atoms with Gasteiger partial charge in [-0.1, -0.05) is 61.6 Å². The smallest absolute Gasteiger partial charge is 0.258 e. The fraction of sp³-hybridized carbons (Fsp3) is 0.167. The zero-order valence-electron chi connectivity index (χ0n) is 16.8. The van der Waals surface area contributed by atoms with Gasteiger partial charge >= 0.3 is 0 Å². The molecule has 0 saturated carbocycles. The molecule has 1 heterocycles. The molecule has 4 rings (SSSR count). The molecule has 0 aliphatic heterocycles. The third-order valence-corrected chi connectivity index (χ3v) is 5.60. The Balaban J connectivity index is 1.51. The van der Waals surface area contributed by atoms with Crippen LogP contribution in [0.2, 0.25) is 0 Å².